The largest absolute Gasteiger partial charge is 0.494 e. The average Bonchev–Trinajstić information content (AvgIpc) is 3.05. The average molecular weight is 447 g/mol. The fraction of sp³-hybridized carbons (Fsp3) is 0.280. The predicted molar refractivity (Wildman–Crippen MR) is 134 cm³/mol. The Morgan fingerprint density at radius 1 is 1.03 bits per heavy atom. The Kier molecular flexibility index (Phi) is 6.11. The highest BCUT2D eigenvalue weighted by Gasteiger charge is 2.21. The van der Waals surface area contributed by atoms with Gasteiger partial charge in [0.2, 0.25) is 0 Å². The minimum absolute atomic E-state index is 0.377. The number of nitrogen functional groups attached to an aromatic ring is 2. The number of ether oxygens (including phenoxy) is 2. The van der Waals surface area contributed by atoms with E-state index in [4.69, 9.17) is 25.9 Å². The fourth-order valence-corrected chi connectivity index (χ4v) is 4.00. The van der Waals surface area contributed by atoms with E-state index in [0.717, 1.165) is 34.4 Å². The van der Waals surface area contributed by atoms with Crippen molar-refractivity contribution in [2.75, 3.05) is 45.8 Å². The molecule has 0 saturated carbocycles. The Balaban J connectivity index is 1.85. The number of para-hydroxylation sites is 1. The third kappa shape index (κ3) is 4.05. The van der Waals surface area contributed by atoms with E-state index < -0.39 is 0 Å². The number of methoxy groups -OCH3 is 1. The van der Waals surface area contributed by atoms with Crippen LogP contribution in [0.15, 0.2) is 42.6 Å². The lowest BCUT2D eigenvalue weighted by Gasteiger charge is -2.18. The van der Waals surface area contributed by atoms with E-state index >= 15 is 0 Å². The standard InChI is InChI=1S/C25H30N6O2/c1-15-21(16-8-6-7-9-18(16)31(15)4)17-10-11-28-25(29-17)22-23(26)19(32-5)14-20(24(22)27)33-13-12-30(2)3/h6-11,14H,12-13,26-27H2,1-5H3. The Hall–Kier alpha value is -3.78. The van der Waals surface area contributed by atoms with E-state index in [1.165, 1.54) is 0 Å². The number of aryl methyl sites for hydroxylation is 1. The lowest BCUT2D eigenvalue weighted by molar-refractivity contribution is 0.261. The first-order valence-electron chi connectivity index (χ1n) is 10.7. The van der Waals surface area contributed by atoms with E-state index in [0.29, 0.717) is 40.9 Å². The van der Waals surface area contributed by atoms with Gasteiger partial charge in [-0.1, -0.05) is 18.2 Å². The van der Waals surface area contributed by atoms with E-state index in [1.54, 1.807) is 19.4 Å². The molecule has 0 spiro atoms. The van der Waals surface area contributed by atoms with Gasteiger partial charge in [-0.2, -0.15) is 0 Å². The first-order valence-corrected chi connectivity index (χ1v) is 10.7. The molecule has 8 heteroatoms. The minimum atomic E-state index is 0.377. The lowest BCUT2D eigenvalue weighted by atomic mass is 10.1. The number of likely N-dealkylation sites (N-methyl/N-ethyl adjacent to an activating group) is 1. The second kappa shape index (κ2) is 8.99. The van der Waals surface area contributed by atoms with Crippen molar-refractivity contribution in [2.45, 2.75) is 6.92 Å². The molecule has 2 aromatic carbocycles. The summed E-state index contributed by atoms with van der Waals surface area (Å²) in [4.78, 5) is 11.4. The Morgan fingerprint density at radius 3 is 2.48 bits per heavy atom. The molecule has 4 rings (SSSR count). The van der Waals surface area contributed by atoms with Crippen LogP contribution in [-0.2, 0) is 7.05 Å². The summed E-state index contributed by atoms with van der Waals surface area (Å²) in [5.41, 5.74) is 18.3. The molecule has 0 bridgehead atoms. The molecule has 8 nitrogen and oxygen atoms in total. The monoisotopic (exact) mass is 446 g/mol. The van der Waals surface area contributed by atoms with Crippen molar-refractivity contribution >= 4 is 22.3 Å². The zero-order valence-electron chi connectivity index (χ0n) is 19.7. The maximum absolute atomic E-state index is 6.51. The van der Waals surface area contributed by atoms with Gasteiger partial charge in [0.1, 0.15) is 18.1 Å². The van der Waals surface area contributed by atoms with Crippen molar-refractivity contribution in [2.24, 2.45) is 7.05 Å². The topological polar surface area (TPSA) is 104 Å². The summed E-state index contributed by atoms with van der Waals surface area (Å²) >= 11 is 0. The van der Waals surface area contributed by atoms with Gasteiger partial charge in [-0.3, -0.25) is 0 Å². The summed E-state index contributed by atoms with van der Waals surface area (Å²) in [6.07, 6.45) is 1.73. The SMILES string of the molecule is COc1cc(OCCN(C)C)c(N)c(-c2nccc(-c3c(C)n(C)c4ccccc34)n2)c1N. The molecular formula is C25H30N6O2. The zero-order valence-corrected chi connectivity index (χ0v) is 19.7. The van der Waals surface area contributed by atoms with Crippen molar-refractivity contribution in [3.63, 3.8) is 0 Å². The number of nitrogens with two attached hydrogens (primary N) is 2. The summed E-state index contributed by atoms with van der Waals surface area (Å²) in [6.45, 7) is 3.30. The van der Waals surface area contributed by atoms with Crippen LogP contribution < -0.4 is 20.9 Å². The van der Waals surface area contributed by atoms with Crippen LogP contribution in [0.2, 0.25) is 0 Å². The van der Waals surface area contributed by atoms with Gasteiger partial charge in [0.05, 0.1) is 29.7 Å². The molecular weight excluding hydrogens is 416 g/mol. The molecule has 33 heavy (non-hydrogen) atoms. The van der Waals surface area contributed by atoms with Gasteiger partial charge in [-0.05, 0) is 33.2 Å². The minimum Gasteiger partial charge on any atom is -0.494 e. The van der Waals surface area contributed by atoms with Crippen LogP contribution in [0, 0.1) is 6.92 Å². The summed E-state index contributed by atoms with van der Waals surface area (Å²) < 4.78 is 13.6. The van der Waals surface area contributed by atoms with Crippen molar-refractivity contribution in [1.29, 1.82) is 0 Å². The van der Waals surface area contributed by atoms with E-state index in [9.17, 15) is 0 Å². The summed E-state index contributed by atoms with van der Waals surface area (Å²) in [6, 6.07) is 11.9. The van der Waals surface area contributed by atoms with Crippen LogP contribution in [0.25, 0.3) is 33.5 Å². The number of anilines is 2. The van der Waals surface area contributed by atoms with Crippen molar-refractivity contribution in [1.82, 2.24) is 19.4 Å². The second-order valence-corrected chi connectivity index (χ2v) is 8.23. The van der Waals surface area contributed by atoms with Crippen molar-refractivity contribution < 1.29 is 9.47 Å². The molecule has 2 aromatic heterocycles. The third-order valence-electron chi connectivity index (χ3n) is 5.88. The molecule has 0 aliphatic carbocycles. The molecule has 172 valence electrons. The fourth-order valence-electron chi connectivity index (χ4n) is 4.00. The van der Waals surface area contributed by atoms with Crippen LogP contribution >= 0.6 is 0 Å². The van der Waals surface area contributed by atoms with Gasteiger partial charge < -0.3 is 30.4 Å². The Morgan fingerprint density at radius 2 is 1.76 bits per heavy atom. The molecule has 0 saturated heterocycles. The number of rotatable bonds is 7. The normalized spacial score (nSPS) is 11.3. The molecule has 0 fully saturated rings. The number of aromatic nitrogens is 3. The van der Waals surface area contributed by atoms with E-state index in [2.05, 4.69) is 35.7 Å². The highest BCUT2D eigenvalue weighted by molar-refractivity contribution is 5.98. The second-order valence-electron chi connectivity index (χ2n) is 8.23. The lowest BCUT2D eigenvalue weighted by Crippen LogP contribution is -2.20. The third-order valence-corrected chi connectivity index (χ3v) is 5.88. The molecule has 0 amide bonds. The van der Waals surface area contributed by atoms with Crippen LogP contribution in [0.1, 0.15) is 5.69 Å². The van der Waals surface area contributed by atoms with Gasteiger partial charge in [0, 0.05) is 48.0 Å². The Labute approximate surface area is 193 Å². The van der Waals surface area contributed by atoms with E-state index in [1.807, 2.05) is 37.2 Å². The van der Waals surface area contributed by atoms with Gasteiger partial charge in [-0.25, -0.2) is 9.97 Å². The molecule has 0 atom stereocenters. The van der Waals surface area contributed by atoms with Crippen LogP contribution in [-0.4, -0.2) is 53.8 Å². The number of hydrogen-bond donors (Lipinski definition) is 2. The van der Waals surface area contributed by atoms with Gasteiger partial charge in [0.15, 0.2) is 5.82 Å². The summed E-state index contributed by atoms with van der Waals surface area (Å²) in [7, 11) is 7.58. The molecule has 4 N–H and O–H groups in total. The number of hydrogen-bond acceptors (Lipinski definition) is 7. The number of fused-ring (bicyclic) bond motifs is 1. The molecule has 0 radical (unpaired) electrons. The predicted octanol–water partition coefficient (Wildman–Crippen LogP) is 3.72. The first-order chi connectivity index (χ1) is 15.8. The van der Waals surface area contributed by atoms with E-state index in [-0.39, 0.29) is 0 Å². The quantitative estimate of drug-likeness (QED) is 0.417. The van der Waals surface area contributed by atoms with Crippen molar-refractivity contribution in [3.8, 4) is 34.1 Å². The molecule has 0 aliphatic rings. The number of benzene rings is 2. The molecule has 0 unspecified atom stereocenters. The molecule has 2 heterocycles. The Bertz CT molecular complexity index is 1310. The first kappa shape index (κ1) is 22.4. The van der Waals surface area contributed by atoms with Crippen LogP contribution in [0.4, 0.5) is 11.4 Å². The zero-order chi connectivity index (χ0) is 23.7. The highest BCUT2D eigenvalue weighted by Crippen LogP contribution is 2.43. The van der Waals surface area contributed by atoms with Crippen LogP contribution in [0.3, 0.4) is 0 Å². The molecule has 4 aromatic rings. The summed E-state index contributed by atoms with van der Waals surface area (Å²) in [5, 5.41) is 1.13. The maximum atomic E-state index is 6.51. The van der Waals surface area contributed by atoms with Gasteiger partial charge >= 0.3 is 0 Å². The van der Waals surface area contributed by atoms with Gasteiger partial charge in [-0.15, -0.1) is 0 Å². The summed E-state index contributed by atoms with van der Waals surface area (Å²) in [5.74, 6) is 1.38. The van der Waals surface area contributed by atoms with Crippen LogP contribution in [0.5, 0.6) is 11.5 Å². The smallest absolute Gasteiger partial charge is 0.164 e. The highest BCUT2D eigenvalue weighted by atomic mass is 16.5. The van der Waals surface area contributed by atoms with Gasteiger partial charge in [0.25, 0.3) is 0 Å². The maximum Gasteiger partial charge on any atom is 0.164 e. The number of nitrogens with zero attached hydrogens (tertiary/aromatic N) is 4. The van der Waals surface area contributed by atoms with Crippen molar-refractivity contribution in [3.05, 3.63) is 48.3 Å². The molecule has 0 aliphatic heterocycles.